The molecule has 0 bridgehead atoms. The standard InChI is InChI=1S/C17H20O2/c1-10-5-7-14(16(18)12(10)3)9-15-8-6-11(2)13(4)17(15)19/h5-8,18-19H,9H2,1-4H3. The lowest BCUT2D eigenvalue weighted by atomic mass is 9.96. The molecular formula is C17H20O2. The van der Waals surface area contributed by atoms with Gasteiger partial charge < -0.3 is 10.2 Å². The Balaban J connectivity index is 2.43. The summed E-state index contributed by atoms with van der Waals surface area (Å²) in [6.45, 7) is 7.78. The maximum absolute atomic E-state index is 10.2. The minimum absolute atomic E-state index is 0.331. The number of rotatable bonds is 2. The van der Waals surface area contributed by atoms with Crippen LogP contribution in [0, 0.1) is 27.7 Å². The third-order valence-corrected chi connectivity index (χ3v) is 3.95. The van der Waals surface area contributed by atoms with Gasteiger partial charge in [0.1, 0.15) is 11.5 Å². The van der Waals surface area contributed by atoms with Crippen molar-refractivity contribution >= 4 is 0 Å². The zero-order valence-electron chi connectivity index (χ0n) is 11.9. The van der Waals surface area contributed by atoms with E-state index in [0.717, 1.165) is 33.4 Å². The molecular weight excluding hydrogens is 236 g/mol. The Labute approximate surface area is 114 Å². The summed E-state index contributed by atoms with van der Waals surface area (Å²) in [6, 6.07) is 7.85. The van der Waals surface area contributed by atoms with E-state index in [2.05, 4.69) is 0 Å². The van der Waals surface area contributed by atoms with Crippen LogP contribution >= 0.6 is 0 Å². The van der Waals surface area contributed by atoms with Crippen molar-refractivity contribution in [3.63, 3.8) is 0 Å². The number of phenolic OH excluding ortho intramolecular Hbond substituents is 2. The van der Waals surface area contributed by atoms with Crippen LogP contribution in [0.15, 0.2) is 24.3 Å². The van der Waals surface area contributed by atoms with Crippen LogP contribution in [-0.4, -0.2) is 10.2 Å². The molecule has 0 aliphatic heterocycles. The van der Waals surface area contributed by atoms with E-state index in [1.165, 1.54) is 0 Å². The average molecular weight is 256 g/mol. The second-order valence-corrected chi connectivity index (χ2v) is 5.21. The summed E-state index contributed by atoms with van der Waals surface area (Å²) < 4.78 is 0. The summed E-state index contributed by atoms with van der Waals surface area (Å²) >= 11 is 0. The quantitative estimate of drug-likeness (QED) is 0.855. The first-order chi connectivity index (χ1) is 8.91. The van der Waals surface area contributed by atoms with Crippen LogP contribution in [0.4, 0.5) is 0 Å². The van der Waals surface area contributed by atoms with E-state index < -0.39 is 0 Å². The number of aromatic hydroxyl groups is 2. The molecule has 2 rings (SSSR count). The van der Waals surface area contributed by atoms with Crippen molar-refractivity contribution in [1.82, 2.24) is 0 Å². The molecule has 0 aromatic heterocycles. The van der Waals surface area contributed by atoms with Crippen molar-refractivity contribution in [2.75, 3.05) is 0 Å². The van der Waals surface area contributed by atoms with Gasteiger partial charge in [0.2, 0.25) is 0 Å². The minimum atomic E-state index is 0.331. The molecule has 0 heterocycles. The van der Waals surface area contributed by atoms with Crippen molar-refractivity contribution in [1.29, 1.82) is 0 Å². The van der Waals surface area contributed by atoms with Crippen LogP contribution < -0.4 is 0 Å². The predicted octanol–water partition coefficient (Wildman–Crippen LogP) is 3.92. The van der Waals surface area contributed by atoms with Gasteiger partial charge in [-0.1, -0.05) is 24.3 Å². The Morgan fingerprint density at radius 1 is 0.684 bits per heavy atom. The van der Waals surface area contributed by atoms with Crippen molar-refractivity contribution in [3.8, 4) is 11.5 Å². The largest absolute Gasteiger partial charge is 0.507 e. The Morgan fingerprint density at radius 2 is 1.05 bits per heavy atom. The highest BCUT2D eigenvalue weighted by molar-refractivity contribution is 5.50. The molecule has 2 aromatic carbocycles. The summed E-state index contributed by atoms with van der Waals surface area (Å²) in [6.07, 6.45) is 0.542. The molecule has 100 valence electrons. The maximum atomic E-state index is 10.2. The highest BCUT2D eigenvalue weighted by Gasteiger charge is 2.11. The van der Waals surface area contributed by atoms with Gasteiger partial charge in [0.25, 0.3) is 0 Å². The lowest BCUT2D eigenvalue weighted by Crippen LogP contribution is -1.95. The Hall–Kier alpha value is -1.96. The van der Waals surface area contributed by atoms with Crippen LogP contribution in [0.25, 0.3) is 0 Å². The first-order valence-corrected chi connectivity index (χ1v) is 6.48. The van der Waals surface area contributed by atoms with E-state index in [9.17, 15) is 10.2 Å². The monoisotopic (exact) mass is 256 g/mol. The van der Waals surface area contributed by atoms with Gasteiger partial charge in [-0.25, -0.2) is 0 Å². The highest BCUT2D eigenvalue weighted by Crippen LogP contribution is 2.31. The zero-order valence-corrected chi connectivity index (χ0v) is 11.9. The number of hydrogen-bond donors (Lipinski definition) is 2. The molecule has 0 radical (unpaired) electrons. The minimum Gasteiger partial charge on any atom is -0.507 e. The van der Waals surface area contributed by atoms with E-state index in [-0.39, 0.29) is 0 Å². The topological polar surface area (TPSA) is 40.5 Å². The molecule has 0 amide bonds. The van der Waals surface area contributed by atoms with Gasteiger partial charge in [-0.15, -0.1) is 0 Å². The Kier molecular flexibility index (Phi) is 3.52. The Bertz CT molecular complexity index is 572. The summed E-state index contributed by atoms with van der Waals surface area (Å²) in [7, 11) is 0. The number of benzene rings is 2. The molecule has 0 aliphatic rings. The average Bonchev–Trinajstić information content (AvgIpc) is 2.39. The first-order valence-electron chi connectivity index (χ1n) is 6.48. The second-order valence-electron chi connectivity index (χ2n) is 5.21. The number of aryl methyl sites for hydroxylation is 2. The van der Waals surface area contributed by atoms with Crippen molar-refractivity contribution < 1.29 is 10.2 Å². The molecule has 0 saturated heterocycles. The van der Waals surface area contributed by atoms with Gasteiger partial charge in [-0.3, -0.25) is 0 Å². The first kappa shape index (κ1) is 13.5. The van der Waals surface area contributed by atoms with Crippen LogP contribution in [-0.2, 0) is 6.42 Å². The van der Waals surface area contributed by atoms with Crippen LogP contribution in [0.1, 0.15) is 33.4 Å². The van der Waals surface area contributed by atoms with E-state index in [1.807, 2.05) is 52.0 Å². The van der Waals surface area contributed by atoms with Crippen LogP contribution in [0.2, 0.25) is 0 Å². The van der Waals surface area contributed by atoms with Gasteiger partial charge in [0.05, 0.1) is 0 Å². The number of phenols is 2. The summed E-state index contributed by atoms with van der Waals surface area (Å²) in [5.41, 5.74) is 5.65. The molecule has 2 aromatic rings. The molecule has 19 heavy (non-hydrogen) atoms. The fraction of sp³-hybridized carbons (Fsp3) is 0.294. The third-order valence-electron chi connectivity index (χ3n) is 3.95. The third kappa shape index (κ3) is 2.43. The lowest BCUT2D eigenvalue weighted by molar-refractivity contribution is 0.458. The van der Waals surface area contributed by atoms with Crippen molar-refractivity contribution in [2.24, 2.45) is 0 Å². The van der Waals surface area contributed by atoms with Crippen LogP contribution in [0.5, 0.6) is 11.5 Å². The van der Waals surface area contributed by atoms with Gasteiger partial charge in [0, 0.05) is 6.42 Å². The molecule has 0 aliphatic carbocycles. The smallest absolute Gasteiger partial charge is 0.122 e. The molecule has 0 atom stereocenters. The molecule has 2 nitrogen and oxygen atoms in total. The van der Waals surface area contributed by atoms with Crippen molar-refractivity contribution in [3.05, 3.63) is 57.6 Å². The fourth-order valence-electron chi connectivity index (χ4n) is 2.20. The fourth-order valence-corrected chi connectivity index (χ4v) is 2.20. The zero-order chi connectivity index (χ0) is 14.2. The molecule has 2 N–H and O–H groups in total. The summed E-state index contributed by atoms with van der Waals surface area (Å²) in [4.78, 5) is 0. The van der Waals surface area contributed by atoms with Crippen LogP contribution in [0.3, 0.4) is 0 Å². The summed E-state index contributed by atoms with van der Waals surface area (Å²) in [5.74, 6) is 0.662. The van der Waals surface area contributed by atoms with Gasteiger partial charge in [0.15, 0.2) is 0 Å². The maximum Gasteiger partial charge on any atom is 0.122 e. The summed E-state index contributed by atoms with van der Waals surface area (Å²) in [5, 5.41) is 20.3. The molecule has 0 fully saturated rings. The van der Waals surface area contributed by atoms with E-state index in [1.54, 1.807) is 0 Å². The molecule has 0 unspecified atom stereocenters. The predicted molar refractivity (Wildman–Crippen MR) is 78.0 cm³/mol. The Morgan fingerprint density at radius 3 is 1.42 bits per heavy atom. The van der Waals surface area contributed by atoms with Crippen molar-refractivity contribution in [2.45, 2.75) is 34.1 Å². The normalized spacial score (nSPS) is 10.7. The SMILES string of the molecule is Cc1ccc(Cc2ccc(C)c(C)c2O)c(O)c1C. The highest BCUT2D eigenvalue weighted by atomic mass is 16.3. The van der Waals surface area contributed by atoms with E-state index >= 15 is 0 Å². The van der Waals surface area contributed by atoms with E-state index in [0.29, 0.717) is 17.9 Å². The second kappa shape index (κ2) is 4.96. The molecule has 0 spiro atoms. The molecule has 0 saturated carbocycles. The van der Waals surface area contributed by atoms with E-state index in [4.69, 9.17) is 0 Å². The number of hydrogen-bond acceptors (Lipinski definition) is 2. The lowest BCUT2D eigenvalue weighted by Gasteiger charge is -2.12. The van der Waals surface area contributed by atoms with Gasteiger partial charge in [-0.05, 0) is 61.1 Å². The van der Waals surface area contributed by atoms with Gasteiger partial charge >= 0.3 is 0 Å². The molecule has 2 heteroatoms. The van der Waals surface area contributed by atoms with Gasteiger partial charge in [-0.2, -0.15) is 0 Å².